The third-order valence-corrected chi connectivity index (χ3v) is 5.53. The number of rotatable bonds is 6. The van der Waals surface area contributed by atoms with Crippen LogP contribution >= 0.6 is 0 Å². The van der Waals surface area contributed by atoms with Crippen LogP contribution in [0.3, 0.4) is 0 Å². The van der Waals surface area contributed by atoms with Crippen molar-refractivity contribution < 1.29 is 18.7 Å². The number of nitrogens with zero attached hydrogens (tertiary/aromatic N) is 2. The van der Waals surface area contributed by atoms with Gasteiger partial charge in [0.2, 0.25) is 0 Å². The molecule has 0 saturated heterocycles. The van der Waals surface area contributed by atoms with Crippen molar-refractivity contribution in [2.45, 2.75) is 50.2 Å². The number of fused-ring (bicyclic) bond motifs is 1. The van der Waals surface area contributed by atoms with E-state index in [0.29, 0.717) is 24.9 Å². The highest BCUT2D eigenvalue weighted by atomic mass is 19.1. The number of carbonyl (C=O) groups is 1. The van der Waals surface area contributed by atoms with Gasteiger partial charge < -0.3 is 10.4 Å². The first-order valence-corrected chi connectivity index (χ1v) is 9.09. The summed E-state index contributed by atoms with van der Waals surface area (Å²) in [7, 11) is 0. The van der Waals surface area contributed by atoms with Crippen LogP contribution in [0.5, 0.6) is 0 Å². The first-order valence-electron chi connectivity index (χ1n) is 9.09. The number of allylic oxidation sites excluding steroid dienone is 1. The van der Waals surface area contributed by atoms with Crippen LogP contribution < -0.4 is 5.32 Å². The predicted molar refractivity (Wildman–Crippen MR) is 95.6 cm³/mol. The number of aromatic nitrogens is 2. The van der Waals surface area contributed by atoms with Gasteiger partial charge in [0.15, 0.2) is 5.69 Å². The molecule has 1 aromatic heterocycles. The van der Waals surface area contributed by atoms with Crippen molar-refractivity contribution in [1.82, 2.24) is 15.1 Å². The Morgan fingerprint density at radius 3 is 2.89 bits per heavy atom. The molecule has 142 valence electrons. The normalized spacial score (nSPS) is 20.1. The fourth-order valence-corrected chi connectivity index (χ4v) is 4.13. The molecule has 2 N–H and O–H groups in total. The number of hydrogen-bond acceptors (Lipinski definition) is 3. The zero-order valence-corrected chi connectivity index (χ0v) is 14.8. The van der Waals surface area contributed by atoms with Gasteiger partial charge in [0.1, 0.15) is 11.6 Å². The number of benzene rings is 1. The Hall–Kier alpha value is -2.54. The minimum Gasteiger partial charge on any atom is -0.476 e. The average Bonchev–Trinajstić information content (AvgIpc) is 3.32. The van der Waals surface area contributed by atoms with Crippen molar-refractivity contribution in [3.8, 4) is 0 Å². The van der Waals surface area contributed by atoms with E-state index in [9.17, 15) is 18.7 Å². The van der Waals surface area contributed by atoms with E-state index in [1.165, 1.54) is 6.07 Å². The van der Waals surface area contributed by atoms with Gasteiger partial charge in [-0.25, -0.2) is 13.6 Å². The Balaban J connectivity index is 1.59. The van der Waals surface area contributed by atoms with E-state index in [1.807, 2.05) is 0 Å². The zero-order chi connectivity index (χ0) is 19.2. The lowest BCUT2D eigenvalue weighted by Crippen LogP contribution is -2.42. The summed E-state index contributed by atoms with van der Waals surface area (Å²) in [5, 5.41) is 17.2. The molecular weight excluding hydrogens is 352 g/mol. The first-order chi connectivity index (χ1) is 12.9. The van der Waals surface area contributed by atoms with Gasteiger partial charge in [-0.3, -0.25) is 4.68 Å². The molecule has 1 aromatic carbocycles. The van der Waals surface area contributed by atoms with E-state index in [1.54, 1.807) is 10.8 Å². The summed E-state index contributed by atoms with van der Waals surface area (Å²) in [5.74, 6) is -1.92. The summed E-state index contributed by atoms with van der Waals surface area (Å²) in [5.41, 5.74) is 1.51. The van der Waals surface area contributed by atoms with Gasteiger partial charge in [-0.2, -0.15) is 5.10 Å². The van der Waals surface area contributed by atoms with E-state index >= 15 is 0 Å². The molecule has 5 nitrogen and oxygen atoms in total. The van der Waals surface area contributed by atoms with Gasteiger partial charge >= 0.3 is 5.97 Å². The molecule has 0 amide bonds. The van der Waals surface area contributed by atoms with Gasteiger partial charge in [-0.1, -0.05) is 6.08 Å². The van der Waals surface area contributed by atoms with Crippen molar-refractivity contribution >= 4 is 5.97 Å². The maximum absolute atomic E-state index is 14.2. The van der Waals surface area contributed by atoms with Crippen molar-refractivity contribution in [2.75, 3.05) is 0 Å². The molecule has 0 spiro atoms. The van der Waals surface area contributed by atoms with Crippen LogP contribution in [0.1, 0.15) is 46.6 Å². The van der Waals surface area contributed by atoms with Gasteiger partial charge in [0.05, 0.1) is 6.54 Å². The Morgan fingerprint density at radius 1 is 1.44 bits per heavy atom. The molecule has 1 saturated carbocycles. The van der Waals surface area contributed by atoms with Crippen LogP contribution in [0.15, 0.2) is 30.9 Å². The van der Waals surface area contributed by atoms with Gasteiger partial charge in [-0.15, -0.1) is 6.58 Å². The number of nitrogens with one attached hydrogen (secondary N) is 1. The van der Waals surface area contributed by atoms with Crippen molar-refractivity contribution in [3.05, 3.63) is 65.0 Å². The second-order valence-electron chi connectivity index (χ2n) is 7.34. The second-order valence-corrected chi connectivity index (χ2v) is 7.34. The number of aromatic carboxylic acids is 1. The molecule has 7 heteroatoms. The minimum absolute atomic E-state index is 0.0119. The average molecular weight is 373 g/mol. The molecule has 1 fully saturated rings. The monoisotopic (exact) mass is 373 g/mol. The Labute approximate surface area is 155 Å². The van der Waals surface area contributed by atoms with E-state index < -0.39 is 23.1 Å². The van der Waals surface area contributed by atoms with Crippen LogP contribution in [-0.2, 0) is 24.9 Å². The van der Waals surface area contributed by atoms with Gasteiger partial charge in [-0.05, 0) is 50.3 Å². The maximum atomic E-state index is 14.2. The Bertz CT molecular complexity index is 918. The molecule has 2 aliphatic carbocycles. The lowest BCUT2D eigenvalue weighted by atomic mass is 9.89. The molecule has 2 aromatic rings. The summed E-state index contributed by atoms with van der Waals surface area (Å²) < 4.78 is 29.6. The lowest BCUT2D eigenvalue weighted by Gasteiger charge is -2.29. The van der Waals surface area contributed by atoms with Crippen molar-refractivity contribution in [2.24, 2.45) is 0 Å². The maximum Gasteiger partial charge on any atom is 0.356 e. The highest BCUT2D eigenvalue weighted by Gasteiger charge is 2.48. The van der Waals surface area contributed by atoms with Crippen LogP contribution in [0.25, 0.3) is 0 Å². The number of carboxylic acids is 1. The Morgan fingerprint density at radius 2 is 2.22 bits per heavy atom. The van der Waals surface area contributed by atoms with E-state index in [0.717, 1.165) is 42.7 Å². The third-order valence-electron chi connectivity index (χ3n) is 5.53. The summed E-state index contributed by atoms with van der Waals surface area (Å²) in [6.07, 6.45) is 5.13. The molecule has 0 aliphatic heterocycles. The zero-order valence-electron chi connectivity index (χ0n) is 14.8. The summed E-state index contributed by atoms with van der Waals surface area (Å²) >= 11 is 0. The molecule has 1 heterocycles. The van der Waals surface area contributed by atoms with Crippen LogP contribution in [0.4, 0.5) is 8.78 Å². The number of hydrogen-bond donors (Lipinski definition) is 2. The first kappa shape index (κ1) is 17.9. The van der Waals surface area contributed by atoms with Crippen LogP contribution in [0.2, 0.25) is 0 Å². The molecule has 2 aliphatic rings. The summed E-state index contributed by atoms with van der Waals surface area (Å²) in [4.78, 5) is 11.6. The van der Waals surface area contributed by atoms with E-state index in [2.05, 4.69) is 17.0 Å². The van der Waals surface area contributed by atoms with Crippen molar-refractivity contribution in [1.29, 1.82) is 0 Å². The lowest BCUT2D eigenvalue weighted by molar-refractivity contribution is 0.0688. The molecule has 1 atom stereocenters. The minimum atomic E-state index is -1.05. The SMILES string of the molecule is C=CCn1nc(C(=O)O)c2c1CC[C@@H](NC1(c3cc(F)ccc3F)CC1)C2. The summed E-state index contributed by atoms with van der Waals surface area (Å²) in [6, 6.07) is 3.53. The summed E-state index contributed by atoms with van der Waals surface area (Å²) in [6.45, 7) is 4.16. The molecule has 4 rings (SSSR count). The largest absolute Gasteiger partial charge is 0.476 e. The van der Waals surface area contributed by atoms with Crippen LogP contribution in [0, 0.1) is 11.6 Å². The fourth-order valence-electron chi connectivity index (χ4n) is 4.13. The van der Waals surface area contributed by atoms with Gasteiger partial charge in [0, 0.05) is 28.4 Å². The fraction of sp³-hybridized carbons (Fsp3) is 0.400. The highest BCUT2D eigenvalue weighted by Crippen LogP contribution is 2.47. The molecule has 0 bridgehead atoms. The highest BCUT2D eigenvalue weighted by molar-refractivity contribution is 5.87. The second kappa shape index (κ2) is 6.56. The third kappa shape index (κ3) is 3.16. The quantitative estimate of drug-likeness (QED) is 0.764. The van der Waals surface area contributed by atoms with Crippen molar-refractivity contribution in [3.63, 3.8) is 0 Å². The number of halogens is 2. The van der Waals surface area contributed by atoms with Gasteiger partial charge in [0.25, 0.3) is 0 Å². The standard InChI is InChI=1S/C20H21F2N3O2/c1-2-9-25-17-6-4-13(11-14(17)18(24-25)19(26)27)23-20(7-8-20)15-10-12(21)3-5-16(15)22/h2-3,5,10,13,23H,1,4,6-9,11H2,(H,26,27)/t13-/m1/s1. The smallest absolute Gasteiger partial charge is 0.356 e. The molecule has 0 unspecified atom stereocenters. The predicted octanol–water partition coefficient (Wildman–Crippen LogP) is 3.18. The number of carboxylic acid groups (broad SMARTS) is 1. The molecule has 27 heavy (non-hydrogen) atoms. The van der Waals surface area contributed by atoms with E-state index in [4.69, 9.17) is 0 Å². The molecule has 0 radical (unpaired) electrons. The molecular formula is C20H21F2N3O2. The van der Waals surface area contributed by atoms with E-state index in [-0.39, 0.29) is 11.7 Å². The Kier molecular flexibility index (Phi) is 4.34. The van der Waals surface area contributed by atoms with Crippen LogP contribution in [-0.4, -0.2) is 26.9 Å². The topological polar surface area (TPSA) is 67.2 Å².